The van der Waals surface area contributed by atoms with Gasteiger partial charge in [0.1, 0.15) is 10.6 Å². The van der Waals surface area contributed by atoms with Crippen molar-refractivity contribution in [2.24, 2.45) is 0 Å². The minimum Gasteiger partial charge on any atom is -0.493 e. The minimum absolute atomic E-state index is 0.338. The predicted octanol–water partition coefficient (Wildman–Crippen LogP) is 3.81. The molecule has 1 aromatic heterocycles. The lowest BCUT2D eigenvalue weighted by atomic mass is 9.95. The first-order valence-corrected chi connectivity index (χ1v) is 8.50. The van der Waals surface area contributed by atoms with Gasteiger partial charge in [-0.25, -0.2) is 9.78 Å². The molecule has 3 rings (SSSR count). The monoisotopic (exact) mass is 321 g/mol. The summed E-state index contributed by atoms with van der Waals surface area (Å²) >= 11 is 2.89. The number of fused-ring (bicyclic) bond motifs is 1. The Hall–Kier alpha value is -1.53. The molecule has 0 bridgehead atoms. The van der Waals surface area contributed by atoms with E-state index < -0.39 is 5.97 Å². The van der Waals surface area contributed by atoms with Crippen LogP contribution in [0.2, 0.25) is 0 Å². The van der Waals surface area contributed by atoms with Crippen molar-refractivity contribution in [1.29, 1.82) is 0 Å². The van der Waals surface area contributed by atoms with Gasteiger partial charge in [0.2, 0.25) is 0 Å². The van der Waals surface area contributed by atoms with E-state index in [-0.39, 0.29) is 0 Å². The van der Waals surface area contributed by atoms with Crippen LogP contribution >= 0.6 is 23.1 Å². The molecule has 0 saturated carbocycles. The van der Waals surface area contributed by atoms with E-state index in [1.165, 1.54) is 16.9 Å². The summed E-state index contributed by atoms with van der Waals surface area (Å²) < 4.78 is 6.49. The van der Waals surface area contributed by atoms with Gasteiger partial charge >= 0.3 is 5.97 Å². The zero-order valence-electron chi connectivity index (χ0n) is 11.5. The zero-order chi connectivity index (χ0) is 14.8. The number of aromatic carboxylic acids is 1. The first-order valence-electron chi connectivity index (χ1n) is 6.70. The van der Waals surface area contributed by atoms with Gasteiger partial charge in [-0.1, -0.05) is 30.0 Å². The molecule has 1 aromatic carbocycles. The fraction of sp³-hybridized carbons (Fsp3) is 0.333. The molecule has 4 nitrogen and oxygen atoms in total. The normalized spacial score (nSPS) is 17.1. The highest BCUT2D eigenvalue weighted by atomic mass is 32.2. The van der Waals surface area contributed by atoms with Crippen molar-refractivity contribution in [3.63, 3.8) is 0 Å². The number of hydrogen-bond acceptors (Lipinski definition) is 5. The number of para-hydroxylation sites is 1. The third-order valence-electron chi connectivity index (χ3n) is 3.46. The Morgan fingerprint density at radius 1 is 1.52 bits per heavy atom. The highest BCUT2D eigenvalue weighted by molar-refractivity contribution is 8.01. The smallest absolute Gasteiger partial charge is 0.347 e. The molecule has 1 atom stereocenters. The second-order valence-corrected chi connectivity index (χ2v) is 7.15. The fourth-order valence-electron chi connectivity index (χ4n) is 2.39. The Morgan fingerprint density at radius 3 is 3.10 bits per heavy atom. The molecule has 21 heavy (non-hydrogen) atoms. The summed E-state index contributed by atoms with van der Waals surface area (Å²) in [6.07, 6.45) is 0.986. The van der Waals surface area contributed by atoms with Crippen molar-refractivity contribution in [2.75, 3.05) is 12.4 Å². The second-order valence-electron chi connectivity index (χ2n) is 4.88. The number of aromatic nitrogens is 1. The molecule has 1 aliphatic heterocycles. The topological polar surface area (TPSA) is 59.4 Å². The molecule has 1 unspecified atom stereocenters. The highest BCUT2D eigenvalue weighted by Crippen LogP contribution is 2.38. The molecule has 0 saturated heterocycles. The third-order valence-corrected chi connectivity index (χ3v) is 5.91. The molecule has 0 radical (unpaired) electrons. The van der Waals surface area contributed by atoms with Gasteiger partial charge in [-0.3, -0.25) is 0 Å². The van der Waals surface area contributed by atoms with Crippen LogP contribution in [0.25, 0.3) is 0 Å². The molecule has 0 fully saturated rings. The second kappa shape index (κ2) is 6.07. The molecular formula is C15H15NO3S2. The molecule has 0 aliphatic carbocycles. The predicted molar refractivity (Wildman–Crippen MR) is 83.8 cm³/mol. The van der Waals surface area contributed by atoms with Gasteiger partial charge in [-0.05, 0) is 25.0 Å². The first kappa shape index (κ1) is 14.4. The number of hydrogen-bond donors (Lipinski definition) is 1. The maximum atomic E-state index is 11.0. The van der Waals surface area contributed by atoms with Gasteiger partial charge in [0.15, 0.2) is 4.34 Å². The van der Waals surface area contributed by atoms with Crippen LogP contribution in [-0.2, 0) is 0 Å². The lowest BCUT2D eigenvalue weighted by Crippen LogP contribution is -2.15. The molecule has 1 aliphatic rings. The van der Waals surface area contributed by atoms with Crippen molar-refractivity contribution in [1.82, 2.24) is 4.98 Å². The van der Waals surface area contributed by atoms with E-state index in [1.807, 2.05) is 18.2 Å². The van der Waals surface area contributed by atoms with Crippen LogP contribution in [0.5, 0.6) is 5.75 Å². The highest BCUT2D eigenvalue weighted by Gasteiger charge is 2.22. The average Bonchev–Trinajstić information content (AvgIpc) is 2.86. The Labute approximate surface area is 131 Å². The molecule has 2 heterocycles. The van der Waals surface area contributed by atoms with E-state index in [0.717, 1.165) is 28.9 Å². The van der Waals surface area contributed by atoms with Gasteiger partial charge in [-0.15, -0.1) is 11.3 Å². The van der Waals surface area contributed by atoms with Gasteiger partial charge in [-0.2, -0.15) is 0 Å². The quantitative estimate of drug-likeness (QED) is 0.868. The number of carboxylic acids is 1. The summed E-state index contributed by atoms with van der Waals surface area (Å²) in [6.45, 7) is 2.48. The summed E-state index contributed by atoms with van der Waals surface area (Å²) in [4.78, 5) is 15.7. The lowest BCUT2D eigenvalue weighted by Gasteiger charge is -2.25. The number of rotatable bonds is 4. The summed E-state index contributed by atoms with van der Waals surface area (Å²) in [5.74, 6) is 1.40. The third kappa shape index (κ3) is 3.06. The zero-order valence-corrected chi connectivity index (χ0v) is 13.2. The van der Waals surface area contributed by atoms with Crippen molar-refractivity contribution in [3.05, 3.63) is 40.4 Å². The molecule has 1 N–H and O–H groups in total. The number of carboxylic acid groups (broad SMARTS) is 1. The van der Waals surface area contributed by atoms with E-state index in [4.69, 9.17) is 9.84 Å². The Kier molecular flexibility index (Phi) is 4.17. The lowest BCUT2D eigenvalue weighted by molar-refractivity contribution is 0.0701. The number of aryl methyl sites for hydroxylation is 1. The van der Waals surface area contributed by atoms with E-state index in [9.17, 15) is 4.79 Å². The number of thioether (sulfide) groups is 1. The van der Waals surface area contributed by atoms with E-state index in [0.29, 0.717) is 16.5 Å². The molecular weight excluding hydrogens is 306 g/mol. The van der Waals surface area contributed by atoms with Crippen LogP contribution in [0, 0.1) is 6.92 Å². The number of thiazole rings is 1. The average molecular weight is 321 g/mol. The van der Waals surface area contributed by atoms with Crippen LogP contribution in [0.15, 0.2) is 28.6 Å². The van der Waals surface area contributed by atoms with E-state index in [1.54, 1.807) is 18.7 Å². The number of ether oxygens (including phenoxy) is 1. The van der Waals surface area contributed by atoms with Crippen LogP contribution in [0.3, 0.4) is 0 Å². The molecule has 2 aromatic rings. The fourth-order valence-corrected chi connectivity index (χ4v) is 4.61. The maximum Gasteiger partial charge on any atom is 0.347 e. The van der Waals surface area contributed by atoms with E-state index >= 15 is 0 Å². The first-order chi connectivity index (χ1) is 10.1. The van der Waals surface area contributed by atoms with Crippen molar-refractivity contribution in [3.8, 4) is 5.75 Å². The Morgan fingerprint density at radius 2 is 2.33 bits per heavy atom. The van der Waals surface area contributed by atoms with Gasteiger partial charge in [0, 0.05) is 11.7 Å². The van der Waals surface area contributed by atoms with E-state index in [2.05, 4.69) is 11.1 Å². The summed E-state index contributed by atoms with van der Waals surface area (Å²) in [5.41, 5.74) is 1.84. The Bertz CT molecular complexity index is 669. The molecule has 6 heteroatoms. The number of nitrogens with zero attached hydrogens (tertiary/aromatic N) is 1. The van der Waals surface area contributed by atoms with Crippen molar-refractivity contribution >= 4 is 29.1 Å². The van der Waals surface area contributed by atoms with Crippen molar-refractivity contribution in [2.45, 2.75) is 23.6 Å². The number of benzene rings is 1. The van der Waals surface area contributed by atoms with Gasteiger partial charge < -0.3 is 9.84 Å². The maximum absolute atomic E-state index is 11.0. The summed E-state index contributed by atoms with van der Waals surface area (Å²) in [5, 5.41) is 9.07. The Balaban J connectivity index is 1.71. The summed E-state index contributed by atoms with van der Waals surface area (Å²) in [7, 11) is 0. The van der Waals surface area contributed by atoms with Crippen molar-refractivity contribution < 1.29 is 14.6 Å². The number of carbonyl (C=O) groups is 1. The van der Waals surface area contributed by atoms with Crippen LogP contribution < -0.4 is 4.74 Å². The van der Waals surface area contributed by atoms with Gasteiger partial charge in [0.05, 0.1) is 12.3 Å². The molecule has 110 valence electrons. The van der Waals surface area contributed by atoms with Crippen LogP contribution in [-0.4, -0.2) is 28.4 Å². The largest absolute Gasteiger partial charge is 0.493 e. The SMILES string of the molecule is Cc1nc(SCC2CCOc3ccccc32)sc1C(=O)O. The van der Waals surface area contributed by atoms with Crippen LogP contribution in [0.1, 0.15) is 33.3 Å². The van der Waals surface area contributed by atoms with Gasteiger partial charge in [0.25, 0.3) is 0 Å². The standard InChI is InChI=1S/C15H15NO3S2/c1-9-13(14(17)18)21-15(16-9)20-8-10-6-7-19-12-5-3-2-4-11(10)12/h2-5,10H,6-8H2,1H3,(H,17,18). The molecule has 0 amide bonds. The summed E-state index contributed by atoms with van der Waals surface area (Å²) in [6, 6.07) is 8.12. The minimum atomic E-state index is -0.895. The van der Waals surface area contributed by atoms with Crippen LogP contribution in [0.4, 0.5) is 0 Å². The molecule has 0 spiro atoms.